The quantitative estimate of drug-likeness (QED) is 0.254. The molecule has 0 atom stereocenters. The van der Waals surface area contributed by atoms with Crippen molar-refractivity contribution < 1.29 is 0 Å². The molecule has 0 aromatic carbocycles. The molecule has 0 aliphatic rings. The Labute approximate surface area is 248 Å². The molecule has 34 heavy (non-hydrogen) atoms. The molecule has 0 N–H and O–H groups in total. The molecule has 0 aromatic rings. The predicted molar refractivity (Wildman–Crippen MR) is 183 cm³/mol. The number of hydrogen-bond acceptors (Lipinski definition) is 0. The normalized spacial score (nSPS) is 13.4. The fourth-order valence-electron chi connectivity index (χ4n) is 1.18. The minimum atomic E-state index is -1.06. The monoisotopic (exact) mass is 720 g/mol. The second-order valence-electron chi connectivity index (χ2n) is 14.8. The van der Waals surface area contributed by atoms with Crippen LogP contribution in [0.4, 0.5) is 0 Å². The molecule has 0 aromatic heterocycles. The predicted octanol–water partition coefficient (Wildman–Crippen LogP) is 10.9. The van der Waals surface area contributed by atoms with Crippen LogP contribution in [-0.2, 0) is 0 Å². The third-order valence-electron chi connectivity index (χ3n) is 7.51. The SMILES string of the molecule is CC(C)(C)[Si](C)(C)[Si][Si](C)(C)C(C)(C)C.C[Si](C)C(C)(C)C.C[Si](C)C(C)(C)C.[Cl][Ge][CH2][Ge][Cl]. The van der Waals surface area contributed by atoms with Gasteiger partial charge in [-0.2, -0.15) is 0 Å². The molecule has 0 aliphatic carbocycles. The van der Waals surface area contributed by atoms with Crippen LogP contribution < -0.4 is 0 Å². The van der Waals surface area contributed by atoms with Crippen molar-refractivity contribution in [1.29, 1.82) is 0 Å². The molecule has 0 saturated carbocycles. The van der Waals surface area contributed by atoms with Crippen LogP contribution in [-0.4, -0.2) is 70.3 Å². The Morgan fingerprint density at radius 1 is 0.559 bits per heavy atom. The van der Waals surface area contributed by atoms with Crippen LogP contribution in [0.1, 0.15) is 83.1 Å². The van der Waals surface area contributed by atoms with Crippen LogP contribution >= 0.6 is 20.0 Å². The molecule has 8 radical (unpaired) electrons. The van der Waals surface area contributed by atoms with E-state index >= 15 is 0 Å². The summed E-state index contributed by atoms with van der Waals surface area (Å²) in [4.78, 5) is 0. The molecule has 0 fully saturated rings. The Bertz CT molecular complexity index is 455. The summed E-state index contributed by atoms with van der Waals surface area (Å²) in [6, 6.07) is 0. The molecule has 0 spiro atoms. The van der Waals surface area contributed by atoms with E-state index in [1.807, 2.05) is 0 Å². The van der Waals surface area contributed by atoms with Crippen molar-refractivity contribution in [3.8, 4) is 0 Å². The second-order valence-corrected chi connectivity index (χ2v) is 50.6. The topological polar surface area (TPSA) is 0 Å². The molecule has 204 valence electrons. The Morgan fingerprint density at radius 2 is 0.735 bits per heavy atom. The molecule has 9 heteroatoms. The molecule has 0 bridgehead atoms. The van der Waals surface area contributed by atoms with Crippen molar-refractivity contribution in [3.63, 3.8) is 0 Å². The van der Waals surface area contributed by atoms with Crippen LogP contribution in [0.3, 0.4) is 0 Å². The van der Waals surface area contributed by atoms with Crippen LogP contribution in [0.15, 0.2) is 0 Å². The molecule has 0 rings (SSSR count). The van der Waals surface area contributed by atoms with Gasteiger partial charge in [0.05, 0.1) is 0 Å². The van der Waals surface area contributed by atoms with Gasteiger partial charge in [0.1, 0.15) is 0 Å². The second kappa shape index (κ2) is 18.2. The maximum atomic E-state index is 5.37. The van der Waals surface area contributed by atoms with Crippen molar-refractivity contribution in [2.75, 3.05) is 0 Å². The van der Waals surface area contributed by atoms with Crippen molar-refractivity contribution in [3.05, 3.63) is 0 Å². The summed E-state index contributed by atoms with van der Waals surface area (Å²) >= 11 is -0.194. The van der Waals surface area contributed by atoms with Crippen LogP contribution in [0.25, 0.3) is 0 Å². The van der Waals surface area contributed by atoms with Gasteiger partial charge in [-0.1, -0.05) is 135 Å². The summed E-state index contributed by atoms with van der Waals surface area (Å²) in [5.41, 5.74) is 0. The fraction of sp³-hybridized carbons (Fsp3) is 1.00. The van der Waals surface area contributed by atoms with Gasteiger partial charge in [0.2, 0.25) is 0 Å². The van der Waals surface area contributed by atoms with Gasteiger partial charge in [-0.3, -0.25) is 0 Å². The summed E-state index contributed by atoms with van der Waals surface area (Å²) < 4.78 is 1.17. The van der Waals surface area contributed by atoms with Gasteiger partial charge in [-0.05, 0) is 20.2 Å². The van der Waals surface area contributed by atoms with Gasteiger partial charge in [0.25, 0.3) is 0 Å². The first-order chi connectivity index (χ1) is 14.5. The van der Waals surface area contributed by atoms with E-state index in [0.717, 1.165) is 0 Å². The summed E-state index contributed by atoms with van der Waals surface area (Å²) in [7, 11) is 9.79. The third kappa shape index (κ3) is 23.8. The average Bonchev–Trinajstić information content (AvgIpc) is 2.52. The first kappa shape index (κ1) is 43.8. The summed E-state index contributed by atoms with van der Waals surface area (Å²) in [5.74, 6) is 0. The summed E-state index contributed by atoms with van der Waals surface area (Å²) in [5, 5.41) is 2.32. The van der Waals surface area contributed by atoms with E-state index in [-0.39, 0.29) is 46.6 Å². The third-order valence-corrected chi connectivity index (χ3v) is 52.4. The molecular weight excluding hydrogens is 657 g/mol. The van der Waals surface area contributed by atoms with E-state index in [2.05, 4.69) is 135 Å². The van der Waals surface area contributed by atoms with E-state index in [0.29, 0.717) is 20.2 Å². The molecule has 0 unspecified atom stereocenters. The molecular formula is C25H62Cl2Ge2Si5. The first-order valence-corrected chi connectivity index (χ1v) is 35.1. The Kier molecular flexibility index (Phi) is 23.4. The van der Waals surface area contributed by atoms with Gasteiger partial charge < -0.3 is 0 Å². The average molecular weight is 719 g/mol. The van der Waals surface area contributed by atoms with E-state index in [4.69, 9.17) is 20.0 Å². The zero-order valence-corrected chi connectivity index (χ0v) is 37.7. The number of halogens is 2. The van der Waals surface area contributed by atoms with Gasteiger partial charge in [0.15, 0.2) is 0 Å². The van der Waals surface area contributed by atoms with Gasteiger partial charge in [-0.25, -0.2) is 0 Å². The van der Waals surface area contributed by atoms with E-state index in [1.54, 1.807) is 0 Å². The summed E-state index contributed by atoms with van der Waals surface area (Å²) in [6.45, 7) is 48.3. The summed E-state index contributed by atoms with van der Waals surface area (Å²) in [6.07, 6.45) is 0. The van der Waals surface area contributed by atoms with Crippen LogP contribution in [0.2, 0.25) is 76.6 Å². The Hall–Kier alpha value is 2.75. The fourth-order valence-corrected chi connectivity index (χ4v) is 37.4. The Morgan fingerprint density at radius 3 is 0.794 bits per heavy atom. The maximum absolute atomic E-state index is 5.37. The van der Waals surface area contributed by atoms with E-state index in [9.17, 15) is 0 Å². The van der Waals surface area contributed by atoms with Crippen LogP contribution in [0, 0.1) is 0 Å². The zero-order chi connectivity index (χ0) is 29.0. The first-order valence-electron chi connectivity index (χ1n) is 12.6. The molecule has 0 amide bonds. The molecule has 0 nitrogen and oxygen atoms in total. The van der Waals surface area contributed by atoms with Gasteiger partial charge >= 0.3 is 53.1 Å². The van der Waals surface area contributed by atoms with Crippen molar-refractivity contribution in [2.24, 2.45) is 0 Å². The molecule has 0 aliphatic heterocycles. The van der Waals surface area contributed by atoms with Crippen molar-refractivity contribution in [2.45, 2.75) is 160 Å². The van der Waals surface area contributed by atoms with Crippen LogP contribution in [0.5, 0.6) is 0 Å². The zero-order valence-electron chi connectivity index (χ0n) is 27.0. The van der Waals surface area contributed by atoms with Crippen molar-refractivity contribution in [1.82, 2.24) is 0 Å². The number of hydrogen-bond donors (Lipinski definition) is 0. The molecule has 0 heterocycles. The van der Waals surface area contributed by atoms with Gasteiger partial charge in [0, 0.05) is 41.3 Å². The van der Waals surface area contributed by atoms with Crippen molar-refractivity contribution >= 4 is 90.4 Å². The number of rotatable bonds is 4. The van der Waals surface area contributed by atoms with E-state index < -0.39 is 15.2 Å². The molecule has 0 saturated heterocycles. The minimum absolute atomic E-state index is 0.0502. The van der Waals surface area contributed by atoms with E-state index in [1.165, 1.54) is 12.6 Å². The standard InChI is InChI=1S/C12H30Si3.2C6H15Si.CH2Cl2Ge2/c1-11(2,3)14(7,8)13-15(9,10)12(4,5)6;2*1-6(2,3)7(4)5;2-4-1-5-3/h1-10H3;2*1-5H3;1H2. The Balaban J connectivity index is -0.000000198. The van der Waals surface area contributed by atoms with Gasteiger partial charge in [-0.15, -0.1) is 0 Å².